The molecule has 3 aromatic rings. The summed E-state index contributed by atoms with van der Waals surface area (Å²) in [5, 5.41) is 3.28. The van der Waals surface area contributed by atoms with Crippen molar-refractivity contribution in [2.24, 2.45) is 0 Å². The maximum atomic E-state index is 14.1. The van der Waals surface area contributed by atoms with E-state index in [1.807, 2.05) is 0 Å². The standard InChI is InChI=1S/C19H19FN2O4S3/c1-12-17-14(20)3-2-4-15(17)28-18(12)19(23)21-11-13-5-6-16(27-13)29(24,25)22-7-9-26-10-8-22/h2-6H,7-11H2,1H3,(H,21,23). The second kappa shape index (κ2) is 8.11. The van der Waals surface area contributed by atoms with Crippen molar-refractivity contribution >= 4 is 48.7 Å². The molecule has 6 nitrogen and oxygen atoms in total. The zero-order chi connectivity index (χ0) is 20.6. The Hall–Kier alpha value is -1.85. The topological polar surface area (TPSA) is 75.7 Å². The van der Waals surface area contributed by atoms with E-state index in [9.17, 15) is 17.6 Å². The van der Waals surface area contributed by atoms with Gasteiger partial charge in [0, 0.05) is 28.1 Å². The summed E-state index contributed by atoms with van der Waals surface area (Å²) < 4.78 is 47.0. The summed E-state index contributed by atoms with van der Waals surface area (Å²) in [5.41, 5.74) is 0.613. The second-order valence-electron chi connectivity index (χ2n) is 6.59. The Morgan fingerprint density at radius 1 is 1.21 bits per heavy atom. The summed E-state index contributed by atoms with van der Waals surface area (Å²) in [6, 6.07) is 8.06. The van der Waals surface area contributed by atoms with Gasteiger partial charge < -0.3 is 10.1 Å². The average Bonchev–Trinajstić information content (AvgIpc) is 3.33. The third-order valence-electron chi connectivity index (χ3n) is 4.73. The minimum absolute atomic E-state index is 0.207. The number of amides is 1. The molecule has 0 saturated carbocycles. The minimum atomic E-state index is -3.54. The van der Waals surface area contributed by atoms with E-state index in [-0.39, 0.29) is 22.5 Å². The zero-order valence-electron chi connectivity index (χ0n) is 15.6. The minimum Gasteiger partial charge on any atom is -0.379 e. The van der Waals surface area contributed by atoms with Crippen molar-refractivity contribution in [3.8, 4) is 0 Å². The first-order valence-electron chi connectivity index (χ1n) is 9.00. The van der Waals surface area contributed by atoms with E-state index in [1.54, 1.807) is 31.2 Å². The smallest absolute Gasteiger partial charge is 0.261 e. The molecule has 1 saturated heterocycles. The fourth-order valence-corrected chi connectivity index (χ4v) is 7.22. The number of nitrogens with one attached hydrogen (secondary N) is 1. The van der Waals surface area contributed by atoms with Crippen molar-refractivity contribution in [1.82, 2.24) is 9.62 Å². The number of sulfonamides is 1. The quantitative estimate of drug-likeness (QED) is 0.642. The van der Waals surface area contributed by atoms with E-state index in [2.05, 4.69) is 5.32 Å². The van der Waals surface area contributed by atoms with Gasteiger partial charge in [-0.05, 0) is 36.8 Å². The van der Waals surface area contributed by atoms with Gasteiger partial charge in [-0.3, -0.25) is 4.79 Å². The summed E-state index contributed by atoms with van der Waals surface area (Å²) in [7, 11) is -3.54. The number of carbonyl (C=O) groups is 1. The van der Waals surface area contributed by atoms with Crippen LogP contribution in [0.3, 0.4) is 0 Å². The lowest BCUT2D eigenvalue weighted by Crippen LogP contribution is -2.40. The molecule has 1 fully saturated rings. The molecule has 0 radical (unpaired) electrons. The fourth-order valence-electron chi connectivity index (χ4n) is 3.22. The predicted molar refractivity (Wildman–Crippen MR) is 112 cm³/mol. The molecule has 1 aliphatic rings. The van der Waals surface area contributed by atoms with Crippen molar-refractivity contribution < 1.29 is 22.3 Å². The van der Waals surface area contributed by atoms with Gasteiger partial charge in [-0.1, -0.05) is 6.07 Å². The Bertz CT molecular complexity index is 1160. The molecule has 0 aliphatic carbocycles. The van der Waals surface area contributed by atoms with Crippen LogP contribution in [-0.4, -0.2) is 44.9 Å². The number of hydrogen-bond acceptors (Lipinski definition) is 6. The molecule has 3 heterocycles. The lowest BCUT2D eigenvalue weighted by Gasteiger charge is -2.25. The van der Waals surface area contributed by atoms with Crippen LogP contribution in [-0.2, 0) is 21.3 Å². The molecule has 0 spiro atoms. The lowest BCUT2D eigenvalue weighted by molar-refractivity contribution is 0.0731. The van der Waals surface area contributed by atoms with Crippen molar-refractivity contribution in [3.05, 3.63) is 51.5 Å². The first kappa shape index (κ1) is 20.4. The van der Waals surface area contributed by atoms with Gasteiger partial charge in [-0.25, -0.2) is 12.8 Å². The van der Waals surface area contributed by atoms with Gasteiger partial charge in [-0.15, -0.1) is 22.7 Å². The highest BCUT2D eigenvalue weighted by Gasteiger charge is 2.27. The third-order valence-corrected chi connectivity index (χ3v) is 9.44. The molecule has 0 bridgehead atoms. The highest BCUT2D eigenvalue weighted by molar-refractivity contribution is 7.91. The van der Waals surface area contributed by atoms with E-state index < -0.39 is 10.0 Å². The van der Waals surface area contributed by atoms with Gasteiger partial charge >= 0.3 is 0 Å². The van der Waals surface area contributed by atoms with Crippen LogP contribution in [0.5, 0.6) is 0 Å². The highest BCUT2D eigenvalue weighted by atomic mass is 32.2. The SMILES string of the molecule is Cc1c(C(=O)NCc2ccc(S(=O)(=O)N3CCOCC3)s2)sc2cccc(F)c12. The predicted octanol–water partition coefficient (Wildman–Crippen LogP) is 3.36. The number of rotatable bonds is 5. The van der Waals surface area contributed by atoms with Crippen LogP contribution in [0.1, 0.15) is 20.1 Å². The summed E-state index contributed by atoms with van der Waals surface area (Å²) in [4.78, 5) is 13.8. The fraction of sp³-hybridized carbons (Fsp3) is 0.316. The Balaban J connectivity index is 1.47. The summed E-state index contributed by atoms with van der Waals surface area (Å²) >= 11 is 2.39. The maximum absolute atomic E-state index is 14.1. The Labute approximate surface area is 176 Å². The average molecular weight is 455 g/mol. The molecular formula is C19H19FN2O4S3. The zero-order valence-corrected chi connectivity index (χ0v) is 18.1. The molecule has 29 heavy (non-hydrogen) atoms. The number of halogens is 1. The number of morpholine rings is 1. The molecule has 1 amide bonds. The number of nitrogens with zero attached hydrogens (tertiary/aromatic N) is 1. The largest absolute Gasteiger partial charge is 0.379 e. The summed E-state index contributed by atoms with van der Waals surface area (Å²) in [6.45, 7) is 3.40. The van der Waals surface area contributed by atoms with Crippen molar-refractivity contribution in [2.75, 3.05) is 26.3 Å². The van der Waals surface area contributed by atoms with Gasteiger partial charge in [0.25, 0.3) is 15.9 Å². The molecule has 4 rings (SSSR count). The van der Waals surface area contributed by atoms with E-state index >= 15 is 0 Å². The molecule has 0 unspecified atom stereocenters. The molecule has 2 aromatic heterocycles. The van der Waals surface area contributed by atoms with Crippen molar-refractivity contribution in [1.29, 1.82) is 0 Å². The highest BCUT2D eigenvalue weighted by Crippen LogP contribution is 2.32. The molecule has 1 aromatic carbocycles. The first-order valence-corrected chi connectivity index (χ1v) is 12.1. The lowest BCUT2D eigenvalue weighted by atomic mass is 10.1. The van der Waals surface area contributed by atoms with E-state index in [1.165, 1.54) is 21.7 Å². The monoisotopic (exact) mass is 454 g/mol. The van der Waals surface area contributed by atoms with Gasteiger partial charge in [-0.2, -0.15) is 4.31 Å². The number of ether oxygens (including phenoxy) is 1. The van der Waals surface area contributed by atoms with Gasteiger partial charge in [0.15, 0.2) is 0 Å². The van der Waals surface area contributed by atoms with Gasteiger partial charge in [0.2, 0.25) is 0 Å². The van der Waals surface area contributed by atoms with Crippen LogP contribution in [0.15, 0.2) is 34.5 Å². The van der Waals surface area contributed by atoms with Crippen LogP contribution >= 0.6 is 22.7 Å². The van der Waals surface area contributed by atoms with Crippen molar-refractivity contribution in [3.63, 3.8) is 0 Å². The van der Waals surface area contributed by atoms with Crippen LogP contribution < -0.4 is 5.32 Å². The number of benzene rings is 1. The molecule has 1 N–H and O–H groups in total. The Morgan fingerprint density at radius 3 is 2.69 bits per heavy atom. The van der Waals surface area contributed by atoms with Crippen LogP contribution in [0.4, 0.5) is 4.39 Å². The summed E-state index contributed by atoms with van der Waals surface area (Å²) in [6.07, 6.45) is 0. The molecule has 10 heteroatoms. The molecule has 1 aliphatic heterocycles. The normalized spacial score (nSPS) is 15.7. The van der Waals surface area contributed by atoms with E-state index in [0.29, 0.717) is 42.1 Å². The van der Waals surface area contributed by atoms with Gasteiger partial charge in [0.05, 0.1) is 24.6 Å². The number of aryl methyl sites for hydroxylation is 1. The number of fused-ring (bicyclic) bond motifs is 1. The molecular weight excluding hydrogens is 435 g/mol. The Kier molecular flexibility index (Phi) is 5.71. The number of carbonyl (C=O) groups excluding carboxylic acids is 1. The first-order chi connectivity index (χ1) is 13.9. The number of thiophene rings is 2. The van der Waals surface area contributed by atoms with Crippen LogP contribution in [0, 0.1) is 12.7 Å². The third kappa shape index (κ3) is 3.95. The molecule has 154 valence electrons. The number of hydrogen-bond donors (Lipinski definition) is 1. The van der Waals surface area contributed by atoms with Gasteiger partial charge in [0.1, 0.15) is 10.0 Å². The van der Waals surface area contributed by atoms with Crippen LogP contribution in [0.2, 0.25) is 0 Å². The second-order valence-corrected chi connectivity index (χ2v) is 11.0. The summed E-state index contributed by atoms with van der Waals surface area (Å²) in [5.74, 6) is -0.638. The van der Waals surface area contributed by atoms with E-state index in [0.717, 1.165) is 20.9 Å². The molecule has 0 atom stereocenters. The van der Waals surface area contributed by atoms with Crippen molar-refractivity contribution in [2.45, 2.75) is 17.7 Å². The maximum Gasteiger partial charge on any atom is 0.261 e. The van der Waals surface area contributed by atoms with E-state index in [4.69, 9.17) is 4.74 Å². The van der Waals surface area contributed by atoms with Crippen LogP contribution in [0.25, 0.3) is 10.1 Å². The Morgan fingerprint density at radius 2 is 1.97 bits per heavy atom.